The molecular weight excluding hydrogens is 328 g/mol. The van der Waals surface area contributed by atoms with Crippen molar-refractivity contribution in [3.8, 4) is 5.75 Å². The summed E-state index contributed by atoms with van der Waals surface area (Å²) in [7, 11) is 0. The third-order valence-electron chi connectivity index (χ3n) is 5.17. The molecule has 0 aromatic heterocycles. The van der Waals surface area contributed by atoms with Crippen molar-refractivity contribution in [2.24, 2.45) is 5.92 Å². The molecule has 1 aliphatic carbocycles. The van der Waals surface area contributed by atoms with Crippen LogP contribution in [0.3, 0.4) is 0 Å². The van der Waals surface area contributed by atoms with E-state index in [2.05, 4.69) is 22.9 Å². The maximum absolute atomic E-state index is 10.6. The van der Waals surface area contributed by atoms with Crippen LogP contribution >= 0.6 is 15.9 Å². The smallest absolute Gasteiger partial charge is 0.126 e. The van der Waals surface area contributed by atoms with Crippen LogP contribution in [0.15, 0.2) is 22.7 Å². The lowest BCUT2D eigenvalue weighted by Crippen LogP contribution is -2.40. The molecule has 0 bridgehead atoms. The molecule has 0 amide bonds. The van der Waals surface area contributed by atoms with E-state index in [9.17, 15) is 5.11 Å². The molecule has 1 aliphatic heterocycles. The number of hydrogen-bond donors (Lipinski definition) is 1. The fraction of sp³-hybridized carbons (Fsp3) is 0.667. The largest absolute Gasteiger partial charge is 0.487 e. The van der Waals surface area contributed by atoms with Gasteiger partial charge in [0.1, 0.15) is 11.4 Å². The number of fused-ring (bicyclic) bond motifs is 1. The molecule has 3 unspecified atom stereocenters. The number of rotatable bonds is 2. The van der Waals surface area contributed by atoms with Crippen LogP contribution in [0.25, 0.3) is 0 Å². The van der Waals surface area contributed by atoms with E-state index in [0.717, 1.165) is 41.0 Å². The Kier molecular flexibility index (Phi) is 4.60. The molecule has 1 N–H and O–H groups in total. The molecule has 1 fully saturated rings. The standard InChI is InChI=1S/C18H25BrO2/c1-2-4-13-5-3-9-18(10-8-13)12-16(20)15-11-14(19)6-7-17(15)21-18/h6-7,11,13,16,20H,2-5,8-10,12H2,1H3. The third-order valence-corrected chi connectivity index (χ3v) is 5.67. The Morgan fingerprint density at radius 1 is 1.33 bits per heavy atom. The number of aliphatic hydroxyl groups is 1. The number of ether oxygens (including phenoxy) is 1. The van der Waals surface area contributed by atoms with Gasteiger partial charge in [-0.3, -0.25) is 0 Å². The highest BCUT2D eigenvalue weighted by Gasteiger charge is 2.41. The van der Waals surface area contributed by atoms with Crippen LogP contribution in [-0.2, 0) is 0 Å². The lowest BCUT2D eigenvalue weighted by atomic mass is 9.83. The van der Waals surface area contributed by atoms with Crippen molar-refractivity contribution in [3.63, 3.8) is 0 Å². The Bertz CT molecular complexity index is 502. The minimum absolute atomic E-state index is 0.136. The van der Waals surface area contributed by atoms with Crippen LogP contribution in [-0.4, -0.2) is 10.7 Å². The summed E-state index contributed by atoms with van der Waals surface area (Å²) >= 11 is 3.48. The molecule has 3 atom stereocenters. The van der Waals surface area contributed by atoms with Crippen molar-refractivity contribution in [3.05, 3.63) is 28.2 Å². The molecule has 0 saturated heterocycles. The zero-order chi connectivity index (χ0) is 14.9. The molecule has 1 saturated carbocycles. The number of halogens is 1. The zero-order valence-corrected chi connectivity index (χ0v) is 14.4. The van der Waals surface area contributed by atoms with E-state index in [1.807, 2.05) is 18.2 Å². The lowest BCUT2D eigenvalue weighted by Gasteiger charge is -2.40. The topological polar surface area (TPSA) is 29.5 Å². The summed E-state index contributed by atoms with van der Waals surface area (Å²) in [5, 5.41) is 10.6. The zero-order valence-electron chi connectivity index (χ0n) is 12.8. The Hall–Kier alpha value is -0.540. The molecule has 1 aromatic rings. The molecule has 0 radical (unpaired) electrons. The first-order chi connectivity index (χ1) is 10.1. The predicted molar refractivity (Wildman–Crippen MR) is 88.6 cm³/mol. The highest BCUT2D eigenvalue weighted by molar-refractivity contribution is 9.10. The van der Waals surface area contributed by atoms with Gasteiger partial charge in [-0.15, -0.1) is 0 Å². The monoisotopic (exact) mass is 352 g/mol. The average Bonchev–Trinajstić information content (AvgIpc) is 2.64. The van der Waals surface area contributed by atoms with Gasteiger partial charge in [0.2, 0.25) is 0 Å². The van der Waals surface area contributed by atoms with Crippen LogP contribution in [0.2, 0.25) is 0 Å². The highest BCUT2D eigenvalue weighted by Crippen LogP contribution is 2.47. The van der Waals surface area contributed by atoms with Gasteiger partial charge < -0.3 is 9.84 Å². The SMILES string of the molecule is CCCC1CCCC2(CC1)CC(O)c1cc(Br)ccc1O2. The molecule has 2 aliphatic rings. The molecule has 21 heavy (non-hydrogen) atoms. The van der Waals surface area contributed by atoms with Gasteiger partial charge >= 0.3 is 0 Å². The molecule has 3 rings (SSSR count). The summed E-state index contributed by atoms with van der Waals surface area (Å²) in [6, 6.07) is 5.99. The van der Waals surface area contributed by atoms with E-state index in [4.69, 9.17) is 4.74 Å². The average molecular weight is 353 g/mol. The van der Waals surface area contributed by atoms with Gasteiger partial charge in [-0.1, -0.05) is 42.1 Å². The first-order valence-electron chi connectivity index (χ1n) is 8.28. The highest BCUT2D eigenvalue weighted by atomic mass is 79.9. The fourth-order valence-electron chi connectivity index (χ4n) is 4.06. The first-order valence-corrected chi connectivity index (χ1v) is 9.08. The van der Waals surface area contributed by atoms with E-state index >= 15 is 0 Å². The van der Waals surface area contributed by atoms with Gasteiger partial charge in [0, 0.05) is 16.5 Å². The van der Waals surface area contributed by atoms with Crippen LogP contribution in [0.5, 0.6) is 5.75 Å². The third kappa shape index (κ3) is 3.29. The van der Waals surface area contributed by atoms with E-state index in [1.165, 1.54) is 32.1 Å². The van der Waals surface area contributed by atoms with Gasteiger partial charge in [-0.25, -0.2) is 0 Å². The molecule has 1 heterocycles. The summed E-state index contributed by atoms with van der Waals surface area (Å²) < 4.78 is 7.41. The van der Waals surface area contributed by atoms with E-state index < -0.39 is 6.10 Å². The van der Waals surface area contributed by atoms with Gasteiger partial charge in [-0.2, -0.15) is 0 Å². The number of aliphatic hydroxyl groups excluding tert-OH is 1. The maximum atomic E-state index is 10.6. The van der Waals surface area contributed by atoms with E-state index in [0.29, 0.717) is 0 Å². The van der Waals surface area contributed by atoms with E-state index in [-0.39, 0.29) is 5.60 Å². The quantitative estimate of drug-likeness (QED) is 0.773. The summed E-state index contributed by atoms with van der Waals surface area (Å²) in [6.45, 7) is 2.27. The summed E-state index contributed by atoms with van der Waals surface area (Å²) in [6.07, 6.45) is 8.92. The Labute approximate surface area is 136 Å². The van der Waals surface area contributed by atoms with Crippen LogP contribution in [0, 0.1) is 5.92 Å². The fourth-order valence-corrected chi connectivity index (χ4v) is 4.44. The molecule has 116 valence electrons. The van der Waals surface area contributed by atoms with Gasteiger partial charge in [0.05, 0.1) is 6.10 Å². The molecule has 1 spiro atoms. The molecule has 2 nitrogen and oxygen atoms in total. The van der Waals surface area contributed by atoms with Gasteiger partial charge in [0.15, 0.2) is 0 Å². The molecule has 1 aromatic carbocycles. The minimum atomic E-state index is -0.394. The van der Waals surface area contributed by atoms with Gasteiger partial charge in [0.25, 0.3) is 0 Å². The molecular formula is C18H25BrO2. The second kappa shape index (κ2) is 6.29. The van der Waals surface area contributed by atoms with Crippen molar-refractivity contribution in [2.45, 2.75) is 70.0 Å². The van der Waals surface area contributed by atoms with Crippen LogP contribution in [0.4, 0.5) is 0 Å². The van der Waals surface area contributed by atoms with Crippen molar-refractivity contribution < 1.29 is 9.84 Å². The van der Waals surface area contributed by atoms with Crippen LogP contribution < -0.4 is 4.74 Å². The number of hydrogen-bond acceptors (Lipinski definition) is 2. The number of benzene rings is 1. The first kappa shape index (κ1) is 15.4. The van der Waals surface area contributed by atoms with Crippen molar-refractivity contribution >= 4 is 15.9 Å². The summed E-state index contributed by atoms with van der Waals surface area (Å²) in [5.74, 6) is 1.73. The van der Waals surface area contributed by atoms with Crippen molar-refractivity contribution in [1.82, 2.24) is 0 Å². The Balaban J connectivity index is 1.79. The Morgan fingerprint density at radius 2 is 2.19 bits per heavy atom. The van der Waals surface area contributed by atoms with Crippen molar-refractivity contribution in [1.29, 1.82) is 0 Å². The predicted octanol–water partition coefficient (Wildman–Crippen LogP) is 5.38. The Morgan fingerprint density at radius 3 is 3.00 bits per heavy atom. The summed E-state index contributed by atoms with van der Waals surface area (Å²) in [4.78, 5) is 0. The maximum Gasteiger partial charge on any atom is 0.126 e. The van der Waals surface area contributed by atoms with E-state index in [1.54, 1.807) is 0 Å². The second-order valence-corrected chi connectivity index (χ2v) is 7.69. The molecule has 3 heteroatoms. The van der Waals surface area contributed by atoms with Gasteiger partial charge in [-0.05, 0) is 49.8 Å². The van der Waals surface area contributed by atoms with Crippen LogP contribution in [0.1, 0.15) is 70.0 Å². The second-order valence-electron chi connectivity index (χ2n) is 6.77. The summed E-state index contributed by atoms with van der Waals surface area (Å²) in [5.41, 5.74) is 0.798. The normalized spacial score (nSPS) is 32.3. The minimum Gasteiger partial charge on any atom is -0.487 e. The van der Waals surface area contributed by atoms with Crippen molar-refractivity contribution in [2.75, 3.05) is 0 Å². The lowest BCUT2D eigenvalue weighted by molar-refractivity contribution is -0.0251.